The van der Waals surface area contributed by atoms with Crippen LogP contribution in [0.3, 0.4) is 0 Å². The first kappa shape index (κ1) is 14.8. The van der Waals surface area contributed by atoms with Crippen molar-refractivity contribution in [2.45, 2.75) is 26.9 Å². The van der Waals surface area contributed by atoms with Crippen molar-refractivity contribution in [3.63, 3.8) is 0 Å². The molecular formula is C16H18N2O3. The first-order valence-electron chi connectivity index (χ1n) is 6.70. The Morgan fingerprint density at radius 1 is 1.14 bits per heavy atom. The Kier molecular flexibility index (Phi) is 4.42. The number of aromatic amines is 1. The fourth-order valence-electron chi connectivity index (χ4n) is 1.97. The smallest absolute Gasteiger partial charge is 0.355 e. The number of ether oxygens (including phenoxy) is 1. The second-order valence-electron chi connectivity index (χ2n) is 4.89. The van der Waals surface area contributed by atoms with Gasteiger partial charge in [0.15, 0.2) is 6.10 Å². The topological polar surface area (TPSA) is 71.2 Å². The van der Waals surface area contributed by atoms with Crippen LogP contribution in [0, 0.1) is 13.8 Å². The molecule has 5 nitrogen and oxygen atoms in total. The molecule has 5 heteroatoms. The molecule has 0 aliphatic carbocycles. The van der Waals surface area contributed by atoms with Crippen molar-refractivity contribution >= 4 is 17.6 Å². The molecule has 0 unspecified atom stereocenters. The maximum atomic E-state index is 12.1. The number of hydrogen-bond donors (Lipinski definition) is 2. The molecule has 1 atom stereocenters. The van der Waals surface area contributed by atoms with E-state index in [9.17, 15) is 9.59 Å². The maximum Gasteiger partial charge on any atom is 0.355 e. The van der Waals surface area contributed by atoms with Gasteiger partial charge < -0.3 is 15.0 Å². The fraction of sp³-hybridized carbons (Fsp3) is 0.250. The van der Waals surface area contributed by atoms with Gasteiger partial charge in [0.1, 0.15) is 5.69 Å². The molecule has 0 spiro atoms. The van der Waals surface area contributed by atoms with Crippen LogP contribution in [0.25, 0.3) is 0 Å². The number of hydrogen-bond acceptors (Lipinski definition) is 3. The van der Waals surface area contributed by atoms with E-state index in [0.29, 0.717) is 5.69 Å². The summed E-state index contributed by atoms with van der Waals surface area (Å²) in [5, 5.41) is 2.80. The molecule has 2 N–H and O–H groups in total. The van der Waals surface area contributed by atoms with Crippen molar-refractivity contribution in [3.8, 4) is 0 Å². The quantitative estimate of drug-likeness (QED) is 0.849. The largest absolute Gasteiger partial charge is 0.448 e. The van der Waals surface area contributed by atoms with Crippen molar-refractivity contribution in [3.05, 3.63) is 53.3 Å². The molecule has 1 aromatic carbocycles. The summed E-state index contributed by atoms with van der Waals surface area (Å²) in [6, 6.07) is 9.04. The summed E-state index contributed by atoms with van der Waals surface area (Å²) in [5.41, 5.74) is 3.00. The highest BCUT2D eigenvalue weighted by Gasteiger charge is 2.20. The van der Waals surface area contributed by atoms with Gasteiger partial charge in [0, 0.05) is 11.9 Å². The fourth-order valence-corrected chi connectivity index (χ4v) is 1.97. The molecule has 0 fully saturated rings. The highest BCUT2D eigenvalue weighted by atomic mass is 16.5. The van der Waals surface area contributed by atoms with Gasteiger partial charge in [-0.25, -0.2) is 4.79 Å². The van der Waals surface area contributed by atoms with E-state index >= 15 is 0 Å². The van der Waals surface area contributed by atoms with Crippen molar-refractivity contribution in [2.75, 3.05) is 5.32 Å². The van der Waals surface area contributed by atoms with Gasteiger partial charge in [0.2, 0.25) is 0 Å². The average molecular weight is 286 g/mol. The Bertz CT molecular complexity index is 627. The van der Waals surface area contributed by atoms with Gasteiger partial charge in [-0.3, -0.25) is 4.79 Å². The predicted octanol–water partition coefficient (Wildman–Crippen LogP) is 2.82. The van der Waals surface area contributed by atoms with E-state index < -0.39 is 12.1 Å². The standard InChI is InChI=1S/C16H18N2O3/c1-10-6-4-7-11(2)14(10)18-15(19)12(3)21-16(20)13-8-5-9-17-13/h4-9,12,17H,1-3H3,(H,18,19)/t12-/m1/s1. The number of anilines is 1. The molecule has 0 bridgehead atoms. The zero-order chi connectivity index (χ0) is 15.4. The number of aryl methyl sites for hydroxylation is 2. The number of esters is 1. The normalized spacial score (nSPS) is 11.8. The zero-order valence-electron chi connectivity index (χ0n) is 12.3. The Morgan fingerprint density at radius 2 is 1.81 bits per heavy atom. The SMILES string of the molecule is Cc1cccc(C)c1NC(=O)[C@@H](C)OC(=O)c1ccc[nH]1. The van der Waals surface area contributed by atoms with Crippen LogP contribution >= 0.6 is 0 Å². The molecule has 2 rings (SSSR count). The summed E-state index contributed by atoms with van der Waals surface area (Å²) in [5.74, 6) is -0.906. The lowest BCUT2D eigenvalue weighted by Crippen LogP contribution is -2.30. The summed E-state index contributed by atoms with van der Waals surface area (Å²) in [7, 11) is 0. The molecule has 1 amide bonds. The Balaban J connectivity index is 2.01. The molecule has 1 aromatic heterocycles. The van der Waals surface area contributed by atoms with Crippen LogP contribution in [-0.2, 0) is 9.53 Å². The molecule has 0 aliphatic rings. The first-order chi connectivity index (χ1) is 9.99. The molecule has 0 radical (unpaired) electrons. The van der Waals surface area contributed by atoms with E-state index in [4.69, 9.17) is 4.74 Å². The molecule has 0 saturated heterocycles. The van der Waals surface area contributed by atoms with Gasteiger partial charge in [0.05, 0.1) is 0 Å². The van der Waals surface area contributed by atoms with Crippen molar-refractivity contribution < 1.29 is 14.3 Å². The number of benzene rings is 1. The average Bonchev–Trinajstić information content (AvgIpc) is 2.97. The number of rotatable bonds is 4. The minimum atomic E-state index is -0.875. The Labute approximate surface area is 123 Å². The van der Waals surface area contributed by atoms with E-state index in [1.807, 2.05) is 32.0 Å². The highest BCUT2D eigenvalue weighted by molar-refractivity contribution is 5.97. The third-order valence-electron chi connectivity index (χ3n) is 3.20. The molecule has 2 aromatic rings. The number of carbonyl (C=O) groups excluding carboxylic acids is 2. The lowest BCUT2D eigenvalue weighted by molar-refractivity contribution is -0.123. The van der Waals surface area contributed by atoms with Crippen LogP contribution in [0.15, 0.2) is 36.5 Å². The molecule has 1 heterocycles. The summed E-state index contributed by atoms with van der Waals surface area (Å²) in [6.07, 6.45) is 0.748. The van der Waals surface area contributed by atoms with E-state index in [1.54, 1.807) is 25.3 Å². The second-order valence-corrected chi connectivity index (χ2v) is 4.89. The second kappa shape index (κ2) is 6.26. The third kappa shape index (κ3) is 3.51. The number of para-hydroxylation sites is 1. The minimum Gasteiger partial charge on any atom is -0.448 e. The number of amides is 1. The predicted molar refractivity (Wildman–Crippen MR) is 80.2 cm³/mol. The van der Waals surface area contributed by atoms with Crippen LogP contribution in [0.4, 0.5) is 5.69 Å². The molecule has 0 saturated carbocycles. The van der Waals surface area contributed by atoms with E-state index in [1.165, 1.54) is 0 Å². The number of H-pyrrole nitrogens is 1. The molecule has 0 aliphatic heterocycles. The molecule has 21 heavy (non-hydrogen) atoms. The van der Waals surface area contributed by atoms with Gasteiger partial charge in [-0.05, 0) is 44.0 Å². The highest BCUT2D eigenvalue weighted by Crippen LogP contribution is 2.19. The molecular weight excluding hydrogens is 268 g/mol. The zero-order valence-corrected chi connectivity index (χ0v) is 12.3. The van der Waals surface area contributed by atoms with Crippen LogP contribution in [0.5, 0.6) is 0 Å². The van der Waals surface area contributed by atoms with E-state index in [2.05, 4.69) is 10.3 Å². The Morgan fingerprint density at radius 3 is 2.38 bits per heavy atom. The van der Waals surface area contributed by atoms with Crippen molar-refractivity contribution in [1.29, 1.82) is 0 Å². The van der Waals surface area contributed by atoms with Crippen LogP contribution in [0.2, 0.25) is 0 Å². The van der Waals surface area contributed by atoms with Crippen LogP contribution in [0.1, 0.15) is 28.5 Å². The van der Waals surface area contributed by atoms with Crippen molar-refractivity contribution in [2.24, 2.45) is 0 Å². The first-order valence-corrected chi connectivity index (χ1v) is 6.70. The molecule has 110 valence electrons. The number of nitrogens with one attached hydrogen (secondary N) is 2. The lowest BCUT2D eigenvalue weighted by atomic mass is 10.1. The van der Waals surface area contributed by atoms with E-state index in [-0.39, 0.29) is 5.91 Å². The minimum absolute atomic E-state index is 0.321. The van der Waals surface area contributed by atoms with Gasteiger partial charge in [-0.2, -0.15) is 0 Å². The summed E-state index contributed by atoms with van der Waals surface area (Å²) >= 11 is 0. The van der Waals surface area contributed by atoms with Crippen LogP contribution in [-0.4, -0.2) is 23.0 Å². The third-order valence-corrected chi connectivity index (χ3v) is 3.20. The summed E-state index contributed by atoms with van der Waals surface area (Å²) in [4.78, 5) is 26.6. The monoisotopic (exact) mass is 286 g/mol. The van der Waals surface area contributed by atoms with Crippen LogP contribution < -0.4 is 5.32 Å². The summed E-state index contributed by atoms with van der Waals surface area (Å²) in [6.45, 7) is 5.38. The van der Waals surface area contributed by atoms with Gasteiger partial charge in [-0.1, -0.05) is 18.2 Å². The van der Waals surface area contributed by atoms with Gasteiger partial charge in [-0.15, -0.1) is 0 Å². The summed E-state index contributed by atoms with van der Waals surface area (Å²) < 4.78 is 5.13. The number of aromatic nitrogens is 1. The number of carbonyl (C=O) groups is 2. The van der Waals surface area contributed by atoms with Crippen molar-refractivity contribution in [1.82, 2.24) is 4.98 Å². The maximum absolute atomic E-state index is 12.1. The van der Waals surface area contributed by atoms with Gasteiger partial charge in [0.25, 0.3) is 5.91 Å². The lowest BCUT2D eigenvalue weighted by Gasteiger charge is -2.15. The Hall–Kier alpha value is -2.56. The van der Waals surface area contributed by atoms with Gasteiger partial charge >= 0.3 is 5.97 Å². The van der Waals surface area contributed by atoms with E-state index in [0.717, 1.165) is 16.8 Å².